The van der Waals surface area contributed by atoms with Crippen LogP contribution in [0.4, 0.5) is 0 Å². The van der Waals surface area contributed by atoms with E-state index in [-0.39, 0.29) is 0 Å². The Morgan fingerprint density at radius 1 is 0.727 bits per heavy atom. The van der Waals surface area contributed by atoms with Crippen LogP contribution in [0, 0.1) is 0 Å². The summed E-state index contributed by atoms with van der Waals surface area (Å²) in [7, 11) is 0. The molecule has 0 aliphatic heterocycles. The van der Waals surface area contributed by atoms with Crippen molar-refractivity contribution in [2.75, 3.05) is 0 Å². The van der Waals surface area contributed by atoms with Gasteiger partial charge in [-0.15, -0.1) is 0 Å². The van der Waals surface area contributed by atoms with E-state index in [9.17, 15) is 0 Å². The summed E-state index contributed by atoms with van der Waals surface area (Å²) in [5.74, 6) is 0. The lowest BCUT2D eigenvalue weighted by atomic mass is 10.1. The summed E-state index contributed by atoms with van der Waals surface area (Å²) in [6.07, 6.45) is 16.3. The maximum Gasteiger partial charge on any atom is 0.00843 e. The highest BCUT2D eigenvalue weighted by Gasteiger charge is 1.95. The average molecular weight is 143 g/mol. The molecule has 0 aromatic carbocycles. The number of rotatable bonds is 0. The van der Waals surface area contributed by atoms with Gasteiger partial charge in [0, 0.05) is 12.4 Å². The molecule has 0 bridgehead atoms. The molecule has 0 saturated carbocycles. The number of aromatic amines is 1. The molecular weight excluding hydrogens is 134 g/mol. The van der Waals surface area contributed by atoms with E-state index in [2.05, 4.69) is 17.1 Å². The van der Waals surface area contributed by atoms with Crippen molar-refractivity contribution in [2.45, 2.75) is 0 Å². The van der Waals surface area contributed by atoms with E-state index in [1.165, 1.54) is 11.1 Å². The Morgan fingerprint density at radius 2 is 1.27 bits per heavy atom. The summed E-state index contributed by atoms with van der Waals surface area (Å²) >= 11 is 0. The van der Waals surface area contributed by atoms with Crippen LogP contribution in [-0.4, -0.2) is 4.98 Å². The summed E-state index contributed by atoms with van der Waals surface area (Å²) < 4.78 is 0. The fourth-order valence-electron chi connectivity index (χ4n) is 1.12. The van der Waals surface area contributed by atoms with Gasteiger partial charge in [-0.25, -0.2) is 0 Å². The van der Waals surface area contributed by atoms with Crippen LogP contribution in [0.1, 0.15) is 11.1 Å². The van der Waals surface area contributed by atoms with Crippen LogP contribution in [0.5, 0.6) is 0 Å². The Hall–Kier alpha value is -1.50. The van der Waals surface area contributed by atoms with E-state index in [1.54, 1.807) is 0 Å². The lowest BCUT2D eigenvalue weighted by Crippen LogP contribution is -1.71. The van der Waals surface area contributed by atoms with Crippen molar-refractivity contribution >= 4 is 12.2 Å². The lowest BCUT2D eigenvalue weighted by molar-refractivity contribution is 1.41. The van der Waals surface area contributed by atoms with Crippen LogP contribution in [0.25, 0.3) is 12.2 Å². The van der Waals surface area contributed by atoms with Crippen LogP contribution in [-0.2, 0) is 0 Å². The fourth-order valence-corrected chi connectivity index (χ4v) is 1.12. The van der Waals surface area contributed by atoms with Gasteiger partial charge in [0.05, 0.1) is 0 Å². The second-order valence-electron chi connectivity index (χ2n) is 2.47. The molecule has 54 valence electrons. The van der Waals surface area contributed by atoms with Crippen molar-refractivity contribution in [3.8, 4) is 0 Å². The average Bonchev–Trinajstić information content (AvgIpc) is 2.35. The van der Waals surface area contributed by atoms with Gasteiger partial charge in [-0.05, 0) is 11.1 Å². The Morgan fingerprint density at radius 3 is 1.82 bits per heavy atom. The summed E-state index contributed by atoms with van der Waals surface area (Å²) in [5.41, 5.74) is 2.48. The zero-order valence-corrected chi connectivity index (χ0v) is 6.12. The van der Waals surface area contributed by atoms with Gasteiger partial charge in [0.1, 0.15) is 0 Å². The van der Waals surface area contributed by atoms with Gasteiger partial charge in [0.25, 0.3) is 0 Å². The molecule has 0 unspecified atom stereocenters. The first-order valence-corrected chi connectivity index (χ1v) is 3.65. The quantitative estimate of drug-likeness (QED) is 0.574. The molecule has 1 aromatic rings. The van der Waals surface area contributed by atoms with Crippen molar-refractivity contribution in [1.29, 1.82) is 0 Å². The predicted molar refractivity (Wildman–Crippen MR) is 48.0 cm³/mol. The summed E-state index contributed by atoms with van der Waals surface area (Å²) in [6.45, 7) is 0. The summed E-state index contributed by atoms with van der Waals surface area (Å²) in [4.78, 5) is 3.07. The number of hydrogen-bond donors (Lipinski definition) is 1. The fraction of sp³-hybridized carbons (Fsp3) is 0. The maximum absolute atomic E-state index is 3.07. The van der Waals surface area contributed by atoms with E-state index in [1.807, 2.05) is 36.7 Å². The molecule has 11 heavy (non-hydrogen) atoms. The van der Waals surface area contributed by atoms with Crippen molar-refractivity contribution < 1.29 is 0 Å². The molecule has 0 radical (unpaired) electrons. The van der Waals surface area contributed by atoms with E-state index >= 15 is 0 Å². The van der Waals surface area contributed by atoms with Crippen molar-refractivity contribution in [1.82, 2.24) is 4.98 Å². The number of fused-ring (bicyclic) bond motifs is 1. The maximum atomic E-state index is 3.07. The van der Waals surface area contributed by atoms with E-state index in [4.69, 9.17) is 0 Å². The molecule has 0 atom stereocenters. The van der Waals surface area contributed by atoms with E-state index in [0.29, 0.717) is 0 Å². The zero-order valence-electron chi connectivity index (χ0n) is 6.12. The number of aromatic nitrogens is 1. The smallest absolute Gasteiger partial charge is 0.00843 e. The standard InChI is InChI=1S/C10H9N/c1-2-4-6-10-8-11-7-9(10)5-3-1/h1-8,11H/b2-1-,5-3-,6-4-. The molecule has 2 rings (SSSR count). The van der Waals surface area contributed by atoms with Crippen molar-refractivity contribution in [2.24, 2.45) is 0 Å². The lowest BCUT2D eigenvalue weighted by Gasteiger charge is -1.91. The van der Waals surface area contributed by atoms with Gasteiger partial charge < -0.3 is 4.98 Å². The molecule has 0 fully saturated rings. The van der Waals surface area contributed by atoms with Crippen LogP contribution < -0.4 is 0 Å². The molecule has 1 heteroatoms. The minimum atomic E-state index is 1.24. The van der Waals surface area contributed by atoms with Crippen LogP contribution >= 0.6 is 0 Å². The summed E-state index contributed by atoms with van der Waals surface area (Å²) in [5, 5.41) is 0. The van der Waals surface area contributed by atoms with Gasteiger partial charge in [-0.2, -0.15) is 0 Å². The first-order chi connectivity index (χ1) is 5.47. The highest BCUT2D eigenvalue weighted by Crippen LogP contribution is 2.13. The van der Waals surface area contributed by atoms with Crippen LogP contribution in [0.2, 0.25) is 0 Å². The Kier molecular flexibility index (Phi) is 1.48. The molecule has 1 aliphatic carbocycles. The molecule has 1 nitrogen and oxygen atoms in total. The minimum absolute atomic E-state index is 1.24. The van der Waals surface area contributed by atoms with Crippen molar-refractivity contribution in [3.05, 3.63) is 47.8 Å². The monoisotopic (exact) mass is 143 g/mol. The first kappa shape index (κ1) is 6.23. The molecule has 0 saturated heterocycles. The van der Waals surface area contributed by atoms with Gasteiger partial charge >= 0.3 is 0 Å². The third-order valence-corrected chi connectivity index (χ3v) is 1.70. The molecule has 0 spiro atoms. The number of allylic oxidation sites excluding steroid dienone is 4. The predicted octanol–water partition coefficient (Wildman–Crippen LogP) is 2.61. The number of hydrogen-bond acceptors (Lipinski definition) is 0. The Balaban J connectivity index is 2.52. The largest absolute Gasteiger partial charge is 0.366 e. The first-order valence-electron chi connectivity index (χ1n) is 3.65. The molecule has 1 aromatic heterocycles. The SMILES string of the molecule is C1=C\C=C/c2c[nH]cc2\C=C/1. The highest BCUT2D eigenvalue weighted by molar-refractivity contribution is 5.67. The second-order valence-corrected chi connectivity index (χ2v) is 2.47. The molecule has 0 amide bonds. The van der Waals surface area contributed by atoms with Crippen molar-refractivity contribution in [3.63, 3.8) is 0 Å². The normalized spacial score (nSPS) is 22.9. The minimum Gasteiger partial charge on any atom is -0.366 e. The Bertz CT molecular complexity index is 296. The molecule has 1 aliphatic rings. The Labute approximate surface area is 65.8 Å². The summed E-state index contributed by atoms with van der Waals surface area (Å²) in [6, 6.07) is 0. The highest BCUT2D eigenvalue weighted by atomic mass is 14.6. The number of nitrogens with one attached hydrogen (secondary N) is 1. The van der Waals surface area contributed by atoms with E-state index in [0.717, 1.165) is 0 Å². The molecular formula is C10H9N. The van der Waals surface area contributed by atoms with Gasteiger partial charge in [-0.3, -0.25) is 0 Å². The second kappa shape index (κ2) is 2.62. The molecule has 1 heterocycles. The third-order valence-electron chi connectivity index (χ3n) is 1.70. The van der Waals surface area contributed by atoms with Gasteiger partial charge in [0.2, 0.25) is 0 Å². The third kappa shape index (κ3) is 1.17. The van der Waals surface area contributed by atoms with Crippen LogP contribution in [0.3, 0.4) is 0 Å². The number of H-pyrrole nitrogens is 1. The van der Waals surface area contributed by atoms with Gasteiger partial charge in [-0.1, -0.05) is 36.5 Å². The van der Waals surface area contributed by atoms with E-state index < -0.39 is 0 Å². The topological polar surface area (TPSA) is 15.8 Å². The van der Waals surface area contributed by atoms with Gasteiger partial charge in [0.15, 0.2) is 0 Å². The van der Waals surface area contributed by atoms with Crippen LogP contribution in [0.15, 0.2) is 36.7 Å². The molecule has 1 N–H and O–H groups in total. The zero-order chi connectivity index (χ0) is 7.52.